The minimum absolute atomic E-state index is 0. The van der Waals surface area contributed by atoms with Crippen molar-refractivity contribution in [3.63, 3.8) is 0 Å². The third kappa shape index (κ3) is 889. The zero-order chi connectivity index (χ0) is 10.7. The third-order valence-electron chi connectivity index (χ3n) is 0. The van der Waals surface area contributed by atoms with Crippen molar-refractivity contribution in [2.45, 2.75) is 0 Å². The summed E-state index contributed by atoms with van der Waals surface area (Å²) in [7, 11) is 0. The van der Waals surface area contributed by atoms with Gasteiger partial charge in [0.05, 0.1) is 15.3 Å². The molecule has 0 radical (unpaired) electrons. The number of rotatable bonds is 0. The van der Waals surface area contributed by atoms with Gasteiger partial charge in [0.2, 0.25) is 0 Å². The Bertz CT molecular complexity index is 120. The minimum Gasteiger partial charge on any atom is -0.356 e. The van der Waals surface area contributed by atoms with E-state index in [0.29, 0.717) is 0 Å². The van der Waals surface area contributed by atoms with Crippen LogP contribution in [0.1, 0.15) is 0 Å². The molecule has 0 amide bonds. The molecule has 0 heterocycles. The zero-order valence-corrected chi connectivity index (χ0v) is 18.7. The van der Waals surface area contributed by atoms with Gasteiger partial charge in [0.1, 0.15) is 0 Å². The molecule has 0 saturated carbocycles. The van der Waals surface area contributed by atoms with Crippen molar-refractivity contribution in [1.29, 1.82) is 0 Å². The first kappa shape index (κ1) is 43.0. The summed E-state index contributed by atoms with van der Waals surface area (Å²) < 4.78 is 0. The molecule has 0 N–H and O–H groups in total. The molecule has 0 aromatic rings. The quantitative estimate of drug-likeness (QED) is 0.280. The van der Waals surface area contributed by atoms with E-state index < -0.39 is 15.3 Å². The van der Waals surface area contributed by atoms with Crippen molar-refractivity contribution in [2.24, 2.45) is 0 Å². The molecule has 0 fully saturated rings. The predicted octanol–water partition coefficient (Wildman–Crippen LogP) is -0.727. The Morgan fingerprint density at radius 1 is 0.438 bits per heavy atom. The van der Waals surface area contributed by atoms with Crippen LogP contribution in [0, 0.1) is 46.0 Å². The van der Waals surface area contributed by atoms with Gasteiger partial charge >= 0.3 is 131 Å². The van der Waals surface area contributed by atoms with Gasteiger partial charge in [-0.3, -0.25) is 0 Å². The van der Waals surface area contributed by atoms with E-state index in [4.69, 9.17) is 46.0 Å². The smallest absolute Gasteiger partial charge is 0.356 e. The first-order chi connectivity index (χ1) is 5.20. The molecule has 12 nitrogen and oxygen atoms in total. The molecule has 0 aromatic carbocycles. The van der Waals surface area contributed by atoms with Gasteiger partial charge in [0.25, 0.3) is 0 Å². The molecule has 72 valence electrons. The molecule has 0 aliphatic carbocycles. The van der Waals surface area contributed by atoms with Crippen LogP contribution in [0.4, 0.5) is 0 Å². The van der Waals surface area contributed by atoms with Crippen molar-refractivity contribution >= 4 is 0 Å². The Hall–Kier alpha value is 2.02. The van der Waals surface area contributed by atoms with Crippen LogP contribution in [0.5, 0.6) is 0 Å². The third-order valence-corrected chi connectivity index (χ3v) is 0. The van der Waals surface area contributed by atoms with E-state index in [1.165, 1.54) is 0 Å². The van der Waals surface area contributed by atoms with Crippen molar-refractivity contribution < 1.29 is 146 Å². The number of hydrogen-bond acceptors (Lipinski definition) is 9. The van der Waals surface area contributed by atoms with Gasteiger partial charge in [-0.25, -0.2) is 0 Å². The molecule has 0 unspecified atom stereocenters. The fraction of sp³-hybridized carbons (Fsp3) is 0. The molecule has 16 heavy (non-hydrogen) atoms. The number of hydrogen-bond donors (Lipinski definition) is 0. The van der Waals surface area contributed by atoms with Crippen molar-refractivity contribution in [3.05, 3.63) is 46.0 Å². The summed E-state index contributed by atoms with van der Waals surface area (Å²) in [4.78, 5) is 24.8. The normalized spacial score (nSPS) is 4.50. The second kappa shape index (κ2) is 36.0. The van der Waals surface area contributed by atoms with Gasteiger partial charge in [-0.05, 0) is 0 Å². The summed E-state index contributed by atoms with van der Waals surface area (Å²) in [6.45, 7) is 0. The van der Waals surface area contributed by atoms with Crippen LogP contribution >= 0.6 is 0 Å². The van der Waals surface area contributed by atoms with Crippen LogP contribution in [0.15, 0.2) is 0 Å². The molecule has 0 rings (SSSR count). The van der Waals surface area contributed by atoms with Crippen LogP contribution < -0.4 is 0 Å². The van der Waals surface area contributed by atoms with Crippen LogP contribution in [0.3, 0.4) is 0 Å². The molecule has 0 saturated heterocycles. The molecule has 0 spiro atoms. The molecule has 16 heteroatoms. The Morgan fingerprint density at radius 3 is 0.438 bits per heavy atom. The second-order valence-corrected chi connectivity index (χ2v) is 0.671. The SMILES string of the molecule is O=[N+]([O-])[O-].O=[N+]([O-])[O-].O=[N+]([O-])[O-].[Y+3].[Y+3].[Y+3].[Y+3]. The monoisotopic (exact) mass is 542 g/mol. The van der Waals surface area contributed by atoms with E-state index in [9.17, 15) is 0 Å². The largest absolute Gasteiger partial charge is 3.00 e. The predicted molar refractivity (Wildman–Crippen MR) is 31.1 cm³/mol. The van der Waals surface area contributed by atoms with Gasteiger partial charge in [-0.1, -0.05) is 0 Å². The van der Waals surface area contributed by atoms with E-state index >= 15 is 0 Å². The zero-order valence-electron chi connectivity index (χ0n) is 7.33. The summed E-state index contributed by atoms with van der Waals surface area (Å²) in [5.41, 5.74) is 0. The van der Waals surface area contributed by atoms with E-state index in [-0.39, 0.29) is 131 Å². The molecule has 0 aliphatic rings. The fourth-order valence-electron chi connectivity index (χ4n) is 0. The Kier molecular flexibility index (Phi) is 96.6. The van der Waals surface area contributed by atoms with Gasteiger partial charge in [0.15, 0.2) is 0 Å². The number of nitrogens with zero attached hydrogens (tertiary/aromatic N) is 3. The topological polar surface area (TPSA) is 199 Å². The van der Waals surface area contributed by atoms with E-state index in [1.807, 2.05) is 0 Å². The summed E-state index contributed by atoms with van der Waals surface area (Å²) in [6.07, 6.45) is 0. The van der Waals surface area contributed by atoms with Crippen LogP contribution in [0.2, 0.25) is 0 Å². The first-order valence-electron chi connectivity index (χ1n) is 1.64. The summed E-state index contributed by atoms with van der Waals surface area (Å²) in [6, 6.07) is 0. The van der Waals surface area contributed by atoms with Gasteiger partial charge in [-0.2, -0.15) is 0 Å². The molecule has 0 aromatic heterocycles. The van der Waals surface area contributed by atoms with E-state index in [0.717, 1.165) is 0 Å². The van der Waals surface area contributed by atoms with Gasteiger partial charge in [0, 0.05) is 0 Å². The molecule has 0 atom stereocenters. The average molecular weight is 542 g/mol. The molecule has 0 aliphatic heterocycles. The van der Waals surface area contributed by atoms with Gasteiger partial charge in [-0.15, -0.1) is 0 Å². The maximum atomic E-state index is 8.25. The summed E-state index contributed by atoms with van der Waals surface area (Å²) >= 11 is 0. The van der Waals surface area contributed by atoms with Crippen molar-refractivity contribution in [3.8, 4) is 0 Å². The minimum atomic E-state index is -1.75. The second-order valence-electron chi connectivity index (χ2n) is 0.671. The molecular weight excluding hydrogens is 542 g/mol. The Labute approximate surface area is 188 Å². The molecular formula is N3O9Y4+9. The van der Waals surface area contributed by atoms with Crippen molar-refractivity contribution in [2.75, 3.05) is 0 Å². The standard InChI is InChI=1S/3NO3.4Y/c3*2-1(3)4;;;;/q3*-1;4*+3. The molecule has 0 bridgehead atoms. The van der Waals surface area contributed by atoms with E-state index in [2.05, 4.69) is 0 Å². The maximum absolute atomic E-state index is 8.25. The van der Waals surface area contributed by atoms with Crippen LogP contribution in [-0.4, -0.2) is 15.3 Å². The Morgan fingerprint density at radius 2 is 0.438 bits per heavy atom. The van der Waals surface area contributed by atoms with E-state index in [1.54, 1.807) is 0 Å². The summed E-state index contributed by atoms with van der Waals surface area (Å²) in [5.74, 6) is 0. The Balaban J connectivity index is -0.0000000135. The van der Waals surface area contributed by atoms with Crippen LogP contribution in [-0.2, 0) is 131 Å². The van der Waals surface area contributed by atoms with Crippen LogP contribution in [0.25, 0.3) is 0 Å². The average Bonchev–Trinajstić information content (AvgIpc) is 1.54. The maximum Gasteiger partial charge on any atom is 3.00 e. The van der Waals surface area contributed by atoms with Gasteiger partial charge < -0.3 is 46.0 Å². The first-order valence-corrected chi connectivity index (χ1v) is 1.64. The fourth-order valence-corrected chi connectivity index (χ4v) is 0. The summed E-state index contributed by atoms with van der Waals surface area (Å²) in [5, 5.41) is 44.2. The van der Waals surface area contributed by atoms with Crippen molar-refractivity contribution in [1.82, 2.24) is 0 Å².